The van der Waals surface area contributed by atoms with Crippen molar-refractivity contribution in [3.05, 3.63) is 114 Å². The number of aromatic nitrogens is 1. The molecular formula is C27H22N2O4. The molecule has 0 saturated heterocycles. The zero-order valence-corrected chi connectivity index (χ0v) is 17.8. The zero-order chi connectivity index (χ0) is 23.0. The number of nitrogens with zero attached hydrogens (tertiary/aromatic N) is 1. The second-order valence-corrected chi connectivity index (χ2v) is 7.36. The second-order valence-electron chi connectivity index (χ2n) is 7.36. The second kappa shape index (κ2) is 10.2. The number of benzene rings is 3. The molecule has 164 valence electrons. The molecule has 4 rings (SSSR count). The third-order valence-electron chi connectivity index (χ3n) is 5.00. The maximum absolute atomic E-state index is 12.7. The third kappa shape index (κ3) is 5.83. The van der Waals surface area contributed by atoms with E-state index >= 15 is 0 Å². The Hall–Kier alpha value is -4.45. The van der Waals surface area contributed by atoms with Crippen molar-refractivity contribution in [2.24, 2.45) is 0 Å². The van der Waals surface area contributed by atoms with Crippen LogP contribution in [0.25, 0.3) is 11.3 Å². The van der Waals surface area contributed by atoms with Gasteiger partial charge in [-0.3, -0.25) is 4.79 Å². The molecule has 6 nitrogen and oxygen atoms in total. The SMILES string of the molecule is O=C(Nc1ccc(OCCc2ccccc2)cc1)c1cccc(-c2cccc(C(=O)O)n2)c1. The summed E-state index contributed by atoms with van der Waals surface area (Å²) in [4.78, 5) is 28.0. The number of nitrogens with one attached hydrogen (secondary N) is 1. The number of hydrogen-bond acceptors (Lipinski definition) is 4. The average molecular weight is 438 g/mol. The molecule has 0 saturated carbocycles. The lowest BCUT2D eigenvalue weighted by Crippen LogP contribution is -2.12. The standard InChI is InChI=1S/C27H22N2O4/c30-26(21-9-4-8-20(18-21)24-10-5-11-25(29-24)27(31)32)28-22-12-14-23(15-13-22)33-17-16-19-6-2-1-3-7-19/h1-15,18H,16-17H2,(H,28,30)(H,31,32). The minimum absolute atomic E-state index is 0.0477. The van der Waals surface area contributed by atoms with E-state index in [2.05, 4.69) is 22.4 Å². The molecular weight excluding hydrogens is 416 g/mol. The molecule has 0 spiro atoms. The highest BCUT2D eigenvalue weighted by atomic mass is 16.5. The largest absolute Gasteiger partial charge is 0.493 e. The van der Waals surface area contributed by atoms with E-state index in [1.54, 1.807) is 48.5 Å². The van der Waals surface area contributed by atoms with Crippen molar-refractivity contribution in [1.29, 1.82) is 0 Å². The van der Waals surface area contributed by atoms with Gasteiger partial charge in [0, 0.05) is 23.2 Å². The summed E-state index contributed by atoms with van der Waals surface area (Å²) in [5.41, 5.74) is 3.40. The number of ether oxygens (including phenoxy) is 1. The summed E-state index contributed by atoms with van der Waals surface area (Å²) in [5, 5.41) is 12.0. The van der Waals surface area contributed by atoms with Gasteiger partial charge in [-0.05, 0) is 54.1 Å². The van der Waals surface area contributed by atoms with Gasteiger partial charge in [-0.1, -0.05) is 48.5 Å². The van der Waals surface area contributed by atoms with Gasteiger partial charge < -0.3 is 15.2 Å². The van der Waals surface area contributed by atoms with Gasteiger partial charge in [-0.25, -0.2) is 9.78 Å². The quantitative estimate of drug-likeness (QED) is 0.389. The Morgan fingerprint density at radius 1 is 0.848 bits per heavy atom. The number of aromatic carboxylic acids is 1. The van der Waals surface area contributed by atoms with E-state index in [1.807, 2.05) is 30.3 Å². The maximum Gasteiger partial charge on any atom is 0.354 e. The summed E-state index contributed by atoms with van der Waals surface area (Å²) in [6.07, 6.45) is 0.819. The van der Waals surface area contributed by atoms with Crippen molar-refractivity contribution in [2.75, 3.05) is 11.9 Å². The molecule has 2 N–H and O–H groups in total. The number of amides is 1. The molecule has 1 aromatic heterocycles. The lowest BCUT2D eigenvalue weighted by atomic mass is 10.1. The number of pyridine rings is 1. The van der Waals surface area contributed by atoms with Crippen LogP contribution in [0.4, 0.5) is 5.69 Å². The van der Waals surface area contributed by atoms with Crippen LogP contribution in [0.3, 0.4) is 0 Å². The van der Waals surface area contributed by atoms with Crippen LogP contribution in [0.2, 0.25) is 0 Å². The lowest BCUT2D eigenvalue weighted by molar-refractivity contribution is 0.0690. The van der Waals surface area contributed by atoms with Gasteiger partial charge in [0.2, 0.25) is 0 Å². The summed E-state index contributed by atoms with van der Waals surface area (Å²) in [5.74, 6) is -0.641. The molecule has 1 amide bonds. The zero-order valence-electron chi connectivity index (χ0n) is 17.8. The molecule has 0 fully saturated rings. The van der Waals surface area contributed by atoms with Crippen LogP contribution in [-0.4, -0.2) is 28.6 Å². The number of carboxylic acids is 1. The summed E-state index contributed by atoms with van der Waals surface area (Å²) >= 11 is 0. The Kier molecular flexibility index (Phi) is 6.75. The van der Waals surface area contributed by atoms with E-state index in [4.69, 9.17) is 9.84 Å². The van der Waals surface area contributed by atoms with E-state index in [0.29, 0.717) is 29.1 Å². The van der Waals surface area contributed by atoms with Crippen LogP contribution in [0, 0.1) is 0 Å². The highest BCUT2D eigenvalue weighted by molar-refractivity contribution is 6.05. The minimum atomic E-state index is -1.10. The van der Waals surface area contributed by atoms with E-state index in [1.165, 1.54) is 11.6 Å². The smallest absolute Gasteiger partial charge is 0.354 e. The van der Waals surface area contributed by atoms with E-state index in [0.717, 1.165) is 12.2 Å². The molecule has 0 aliphatic carbocycles. The maximum atomic E-state index is 12.7. The number of carboxylic acid groups (broad SMARTS) is 1. The number of carbonyl (C=O) groups excluding carboxylic acids is 1. The first-order valence-electron chi connectivity index (χ1n) is 10.5. The molecule has 1 heterocycles. The highest BCUT2D eigenvalue weighted by Gasteiger charge is 2.11. The first kappa shape index (κ1) is 21.8. The predicted molar refractivity (Wildman–Crippen MR) is 127 cm³/mol. The Labute approximate surface area is 191 Å². The molecule has 4 aromatic rings. The first-order valence-corrected chi connectivity index (χ1v) is 10.5. The fourth-order valence-corrected chi connectivity index (χ4v) is 3.30. The predicted octanol–water partition coefficient (Wildman–Crippen LogP) is 5.32. The van der Waals surface area contributed by atoms with Crippen LogP contribution in [0.5, 0.6) is 5.75 Å². The number of carbonyl (C=O) groups is 2. The van der Waals surface area contributed by atoms with Crippen LogP contribution in [0.1, 0.15) is 26.4 Å². The summed E-state index contributed by atoms with van der Waals surface area (Å²) < 4.78 is 5.78. The molecule has 0 atom stereocenters. The molecule has 33 heavy (non-hydrogen) atoms. The lowest BCUT2D eigenvalue weighted by Gasteiger charge is -2.09. The molecule has 0 bridgehead atoms. The monoisotopic (exact) mass is 438 g/mol. The molecule has 0 aliphatic heterocycles. The van der Waals surface area contributed by atoms with Crippen molar-refractivity contribution in [3.8, 4) is 17.0 Å². The van der Waals surface area contributed by atoms with Gasteiger partial charge in [0.1, 0.15) is 11.4 Å². The molecule has 0 radical (unpaired) electrons. The van der Waals surface area contributed by atoms with Gasteiger partial charge in [-0.15, -0.1) is 0 Å². The van der Waals surface area contributed by atoms with Crippen molar-refractivity contribution < 1.29 is 19.4 Å². The number of hydrogen-bond donors (Lipinski definition) is 2. The van der Waals surface area contributed by atoms with Gasteiger partial charge in [0.25, 0.3) is 5.91 Å². The van der Waals surface area contributed by atoms with Crippen molar-refractivity contribution >= 4 is 17.6 Å². The van der Waals surface area contributed by atoms with E-state index < -0.39 is 5.97 Å². The Morgan fingerprint density at radius 3 is 2.36 bits per heavy atom. The van der Waals surface area contributed by atoms with Crippen LogP contribution in [-0.2, 0) is 6.42 Å². The third-order valence-corrected chi connectivity index (χ3v) is 5.00. The molecule has 0 unspecified atom stereocenters. The van der Waals surface area contributed by atoms with Crippen molar-refractivity contribution in [1.82, 2.24) is 4.98 Å². The molecule has 6 heteroatoms. The fraction of sp³-hybridized carbons (Fsp3) is 0.0741. The van der Waals surface area contributed by atoms with Crippen molar-refractivity contribution in [2.45, 2.75) is 6.42 Å². The topological polar surface area (TPSA) is 88.5 Å². The van der Waals surface area contributed by atoms with Crippen LogP contribution < -0.4 is 10.1 Å². The van der Waals surface area contributed by atoms with Crippen LogP contribution >= 0.6 is 0 Å². The summed E-state index contributed by atoms with van der Waals surface area (Å²) in [6, 6.07) is 29.0. The summed E-state index contributed by atoms with van der Waals surface area (Å²) in [7, 11) is 0. The highest BCUT2D eigenvalue weighted by Crippen LogP contribution is 2.21. The Morgan fingerprint density at radius 2 is 1.61 bits per heavy atom. The van der Waals surface area contributed by atoms with E-state index in [9.17, 15) is 9.59 Å². The number of anilines is 1. The van der Waals surface area contributed by atoms with Gasteiger partial charge in [0.05, 0.1) is 12.3 Å². The van der Waals surface area contributed by atoms with Crippen LogP contribution in [0.15, 0.2) is 97.1 Å². The summed E-state index contributed by atoms with van der Waals surface area (Å²) in [6.45, 7) is 0.569. The fourth-order valence-electron chi connectivity index (χ4n) is 3.30. The van der Waals surface area contributed by atoms with Gasteiger partial charge >= 0.3 is 5.97 Å². The van der Waals surface area contributed by atoms with E-state index in [-0.39, 0.29) is 11.6 Å². The first-order chi connectivity index (χ1) is 16.1. The Balaban J connectivity index is 1.37. The molecule has 3 aromatic carbocycles. The Bertz CT molecular complexity index is 1250. The number of rotatable bonds is 8. The average Bonchev–Trinajstić information content (AvgIpc) is 2.86. The molecule has 0 aliphatic rings. The minimum Gasteiger partial charge on any atom is -0.493 e. The van der Waals surface area contributed by atoms with Gasteiger partial charge in [0.15, 0.2) is 0 Å². The van der Waals surface area contributed by atoms with Crippen molar-refractivity contribution in [3.63, 3.8) is 0 Å². The van der Waals surface area contributed by atoms with Gasteiger partial charge in [-0.2, -0.15) is 0 Å². The normalized spacial score (nSPS) is 10.4.